The number of benzene rings is 2. The van der Waals surface area contributed by atoms with E-state index in [0.717, 1.165) is 16.8 Å². The lowest BCUT2D eigenvalue weighted by atomic mass is 10.2. The average molecular weight is 523 g/mol. The molecule has 3 aromatic rings. The molecule has 11 heteroatoms. The summed E-state index contributed by atoms with van der Waals surface area (Å²) in [5, 5.41) is 13.3. The Bertz CT molecular complexity index is 1130. The summed E-state index contributed by atoms with van der Waals surface area (Å²) in [6.45, 7) is 0. The molecule has 0 aliphatic heterocycles. The first-order valence-corrected chi connectivity index (χ1v) is 9.59. The zero-order valence-electron chi connectivity index (χ0n) is 14.0. The molecule has 1 heterocycles. The van der Waals surface area contributed by atoms with Crippen molar-refractivity contribution in [2.45, 2.75) is 6.18 Å². The van der Waals surface area contributed by atoms with Gasteiger partial charge in [0.05, 0.1) is 15.6 Å². The van der Waals surface area contributed by atoms with Crippen LogP contribution in [0.25, 0.3) is 5.69 Å². The highest BCUT2D eigenvalue weighted by molar-refractivity contribution is 9.10. The van der Waals surface area contributed by atoms with E-state index in [4.69, 9.17) is 34.8 Å². The normalized spacial score (nSPS) is 11.8. The van der Waals surface area contributed by atoms with E-state index in [1.807, 2.05) is 6.07 Å². The Hall–Kier alpha value is -2.05. The molecule has 0 aliphatic carbocycles. The average Bonchev–Trinajstić information content (AvgIpc) is 2.95. The molecule has 0 aliphatic rings. The highest BCUT2D eigenvalue weighted by atomic mass is 79.9. The first-order valence-electron chi connectivity index (χ1n) is 7.66. The van der Waals surface area contributed by atoms with Crippen LogP contribution < -0.4 is 0 Å². The maximum Gasteiger partial charge on any atom is 0.416 e. The summed E-state index contributed by atoms with van der Waals surface area (Å²) in [6, 6.07) is 10.1. The zero-order valence-corrected chi connectivity index (χ0v) is 17.8. The molecule has 0 amide bonds. The topological polar surface area (TPSA) is 54.0 Å². The SMILES string of the molecule is N#Cc1nn(-c2c(Cl)cc(C(F)(F)F)cc2Cl)c(/N=C/c2ccc(Cl)cc2)c1Br. The largest absolute Gasteiger partial charge is 0.416 e. The van der Waals surface area contributed by atoms with Crippen LogP contribution in [0.2, 0.25) is 15.1 Å². The van der Waals surface area contributed by atoms with Gasteiger partial charge in [-0.1, -0.05) is 46.9 Å². The lowest BCUT2D eigenvalue weighted by molar-refractivity contribution is -0.137. The molecule has 0 fully saturated rings. The molecule has 0 atom stereocenters. The molecule has 0 bridgehead atoms. The van der Waals surface area contributed by atoms with Gasteiger partial charge in [0.15, 0.2) is 11.5 Å². The summed E-state index contributed by atoms with van der Waals surface area (Å²) in [6.07, 6.45) is -3.15. The first-order chi connectivity index (χ1) is 13.6. The standard InChI is InChI=1S/C18H7BrCl3F3N4/c19-15-14(7-26)28-29(17(15)27-8-9-1-3-11(20)4-2-9)16-12(21)5-10(6-13(16)22)18(23,24)25/h1-6,8H/b27-8+. The van der Waals surface area contributed by atoms with Gasteiger partial charge in [-0.2, -0.15) is 23.5 Å². The summed E-state index contributed by atoms with van der Waals surface area (Å²) < 4.78 is 40.3. The maximum atomic E-state index is 13.0. The van der Waals surface area contributed by atoms with Crippen LogP contribution in [-0.4, -0.2) is 16.0 Å². The maximum absolute atomic E-state index is 13.0. The molecule has 29 heavy (non-hydrogen) atoms. The van der Waals surface area contributed by atoms with Gasteiger partial charge in [-0.25, -0.2) is 9.67 Å². The number of alkyl halides is 3. The second-order valence-electron chi connectivity index (χ2n) is 5.61. The van der Waals surface area contributed by atoms with E-state index < -0.39 is 11.7 Å². The fourth-order valence-corrected chi connectivity index (χ4v) is 3.56. The number of halogens is 7. The predicted octanol–water partition coefficient (Wildman–Crippen LogP) is 7.24. The van der Waals surface area contributed by atoms with Gasteiger partial charge in [-0.3, -0.25) is 0 Å². The van der Waals surface area contributed by atoms with Crippen LogP contribution in [0.1, 0.15) is 16.8 Å². The smallest absolute Gasteiger partial charge is 0.235 e. The fraction of sp³-hybridized carbons (Fsp3) is 0.0556. The lowest BCUT2D eigenvalue weighted by Crippen LogP contribution is -2.07. The van der Waals surface area contributed by atoms with Gasteiger partial charge in [0.2, 0.25) is 0 Å². The first kappa shape index (κ1) is 21.7. The minimum Gasteiger partial charge on any atom is -0.235 e. The second kappa shape index (κ2) is 8.36. The summed E-state index contributed by atoms with van der Waals surface area (Å²) in [5.41, 5.74) is -0.390. The van der Waals surface area contributed by atoms with Crippen LogP contribution >= 0.6 is 50.7 Å². The van der Waals surface area contributed by atoms with Crippen molar-refractivity contribution in [1.29, 1.82) is 5.26 Å². The van der Waals surface area contributed by atoms with Gasteiger partial charge >= 0.3 is 6.18 Å². The van der Waals surface area contributed by atoms with E-state index in [-0.39, 0.29) is 31.7 Å². The van der Waals surface area contributed by atoms with Gasteiger partial charge in [0.1, 0.15) is 16.2 Å². The Labute approximate surface area is 186 Å². The van der Waals surface area contributed by atoms with Crippen molar-refractivity contribution < 1.29 is 13.2 Å². The van der Waals surface area contributed by atoms with E-state index >= 15 is 0 Å². The van der Waals surface area contributed by atoms with Gasteiger partial charge < -0.3 is 0 Å². The van der Waals surface area contributed by atoms with Crippen molar-refractivity contribution in [3.05, 3.63) is 72.8 Å². The monoisotopic (exact) mass is 520 g/mol. The molecular weight excluding hydrogens is 515 g/mol. The zero-order chi connectivity index (χ0) is 21.3. The highest BCUT2D eigenvalue weighted by Crippen LogP contribution is 2.40. The van der Waals surface area contributed by atoms with Crippen molar-refractivity contribution >= 4 is 62.8 Å². The Morgan fingerprint density at radius 3 is 2.21 bits per heavy atom. The molecule has 0 saturated carbocycles. The van der Waals surface area contributed by atoms with E-state index in [1.54, 1.807) is 24.3 Å². The third-order valence-electron chi connectivity index (χ3n) is 3.67. The number of rotatable bonds is 3. The third kappa shape index (κ3) is 4.59. The minimum absolute atomic E-state index is 0.0354. The van der Waals surface area contributed by atoms with E-state index in [2.05, 4.69) is 26.0 Å². The molecule has 0 saturated heterocycles. The van der Waals surface area contributed by atoms with Crippen LogP contribution in [0.3, 0.4) is 0 Å². The van der Waals surface area contributed by atoms with Crippen LogP contribution in [0, 0.1) is 11.3 Å². The molecule has 1 aromatic heterocycles. The molecule has 0 N–H and O–H groups in total. The van der Waals surface area contributed by atoms with Crippen molar-refractivity contribution in [2.24, 2.45) is 4.99 Å². The van der Waals surface area contributed by atoms with Gasteiger partial charge in [-0.15, -0.1) is 0 Å². The van der Waals surface area contributed by atoms with Crippen LogP contribution in [0.4, 0.5) is 19.0 Å². The van der Waals surface area contributed by atoms with Gasteiger partial charge in [-0.05, 0) is 45.8 Å². The number of nitrogens with zero attached hydrogens (tertiary/aromatic N) is 4. The minimum atomic E-state index is -4.62. The van der Waals surface area contributed by atoms with E-state index in [9.17, 15) is 18.4 Å². The van der Waals surface area contributed by atoms with Crippen LogP contribution in [-0.2, 0) is 6.18 Å². The van der Waals surface area contributed by atoms with Crippen LogP contribution in [0.5, 0.6) is 0 Å². The number of nitriles is 1. The van der Waals surface area contributed by atoms with Crippen molar-refractivity contribution in [3.63, 3.8) is 0 Å². The number of hydrogen-bond donors (Lipinski definition) is 0. The molecule has 0 spiro atoms. The number of hydrogen-bond acceptors (Lipinski definition) is 3. The fourth-order valence-electron chi connectivity index (χ4n) is 2.34. The Morgan fingerprint density at radius 2 is 1.69 bits per heavy atom. The molecule has 0 unspecified atom stereocenters. The van der Waals surface area contributed by atoms with E-state index in [1.165, 1.54) is 6.21 Å². The molecule has 3 rings (SSSR count). The summed E-state index contributed by atoms with van der Waals surface area (Å²) in [5.74, 6) is 0.125. The lowest BCUT2D eigenvalue weighted by Gasteiger charge is -2.13. The molecule has 0 radical (unpaired) electrons. The number of aromatic nitrogens is 2. The van der Waals surface area contributed by atoms with Crippen molar-refractivity contribution in [2.75, 3.05) is 0 Å². The van der Waals surface area contributed by atoms with Crippen LogP contribution in [0.15, 0.2) is 45.9 Å². The second-order valence-corrected chi connectivity index (χ2v) is 7.65. The van der Waals surface area contributed by atoms with E-state index in [0.29, 0.717) is 10.6 Å². The third-order valence-corrected chi connectivity index (χ3v) is 5.23. The molecule has 4 nitrogen and oxygen atoms in total. The van der Waals surface area contributed by atoms with Gasteiger partial charge in [0.25, 0.3) is 0 Å². The molecule has 2 aromatic carbocycles. The summed E-state index contributed by atoms with van der Waals surface area (Å²) in [7, 11) is 0. The van der Waals surface area contributed by atoms with Crippen molar-refractivity contribution in [3.8, 4) is 11.8 Å². The number of aliphatic imine (C=N–C) groups is 1. The Morgan fingerprint density at radius 1 is 1.10 bits per heavy atom. The summed E-state index contributed by atoms with van der Waals surface area (Å²) >= 11 is 21.2. The predicted molar refractivity (Wildman–Crippen MR) is 110 cm³/mol. The quantitative estimate of drug-likeness (QED) is 0.341. The highest BCUT2D eigenvalue weighted by Gasteiger charge is 2.33. The van der Waals surface area contributed by atoms with Crippen molar-refractivity contribution in [1.82, 2.24) is 9.78 Å². The summed E-state index contributed by atoms with van der Waals surface area (Å²) in [4.78, 5) is 4.30. The Kier molecular flexibility index (Phi) is 6.24. The van der Waals surface area contributed by atoms with Gasteiger partial charge in [0, 0.05) is 11.2 Å². The molecule has 148 valence electrons. The molecular formula is C18H7BrCl3F3N4. The Balaban J connectivity index is 2.16.